The van der Waals surface area contributed by atoms with Gasteiger partial charge in [-0.1, -0.05) is 29.3 Å². The van der Waals surface area contributed by atoms with E-state index in [2.05, 4.69) is 0 Å². The maximum atomic E-state index is 11.9. The Morgan fingerprint density at radius 3 is 2.66 bits per heavy atom. The second-order valence-electron chi connectivity index (χ2n) is 6.41. The van der Waals surface area contributed by atoms with Crippen LogP contribution in [0.25, 0.3) is 11.3 Å². The fraction of sp³-hybridized carbons (Fsp3) is 0.190. The van der Waals surface area contributed by atoms with E-state index in [4.69, 9.17) is 25.5 Å². The highest BCUT2D eigenvalue weighted by Gasteiger charge is 2.15. The number of nitro groups is 1. The minimum atomic E-state index is -0.545. The molecular weight excluding hydrogens is 398 g/mol. The standard InChI is InChI=1S/C21H18ClNO6/c1-13-3-7-19(14(2)9-13)27-12-21(24)28-11-16-5-8-20(29-16)17-10-15(23(25)26)4-6-18(17)22/h3-10H,11-12H2,1-2H3. The number of ether oxygens (including phenoxy) is 2. The number of hydrogen-bond acceptors (Lipinski definition) is 6. The summed E-state index contributed by atoms with van der Waals surface area (Å²) in [6, 6.07) is 13.0. The van der Waals surface area contributed by atoms with Gasteiger partial charge in [0.05, 0.1) is 9.95 Å². The average Bonchev–Trinajstić information content (AvgIpc) is 3.14. The summed E-state index contributed by atoms with van der Waals surface area (Å²) in [5, 5.41) is 11.3. The van der Waals surface area contributed by atoms with Gasteiger partial charge >= 0.3 is 5.97 Å². The van der Waals surface area contributed by atoms with Crippen molar-refractivity contribution < 1.29 is 23.6 Å². The van der Waals surface area contributed by atoms with E-state index in [1.165, 1.54) is 18.2 Å². The minimum Gasteiger partial charge on any atom is -0.482 e. The average molecular weight is 416 g/mol. The summed E-state index contributed by atoms with van der Waals surface area (Å²) in [5.74, 6) is 0.795. The molecule has 3 rings (SSSR count). The summed E-state index contributed by atoms with van der Waals surface area (Å²) in [7, 11) is 0. The Bertz CT molecular complexity index is 1060. The summed E-state index contributed by atoms with van der Waals surface area (Å²) in [4.78, 5) is 22.4. The summed E-state index contributed by atoms with van der Waals surface area (Å²) in [6.07, 6.45) is 0. The third-order valence-corrected chi connectivity index (χ3v) is 4.47. The van der Waals surface area contributed by atoms with E-state index < -0.39 is 10.9 Å². The number of carbonyl (C=O) groups excluding carboxylic acids is 1. The van der Waals surface area contributed by atoms with Gasteiger partial charge in [0.2, 0.25) is 0 Å². The quantitative estimate of drug-likeness (QED) is 0.297. The zero-order chi connectivity index (χ0) is 21.0. The first kappa shape index (κ1) is 20.4. The molecule has 8 heteroatoms. The van der Waals surface area contributed by atoms with Crippen LogP contribution in [0.3, 0.4) is 0 Å². The number of nitrogens with zero attached hydrogens (tertiary/aromatic N) is 1. The minimum absolute atomic E-state index is 0.0956. The molecule has 1 aromatic heterocycles. The van der Waals surface area contributed by atoms with E-state index in [9.17, 15) is 14.9 Å². The lowest BCUT2D eigenvalue weighted by atomic mass is 10.1. The molecule has 0 aliphatic carbocycles. The van der Waals surface area contributed by atoms with Gasteiger partial charge in [-0.2, -0.15) is 0 Å². The Kier molecular flexibility index (Phi) is 6.19. The van der Waals surface area contributed by atoms with E-state index >= 15 is 0 Å². The molecule has 0 amide bonds. The van der Waals surface area contributed by atoms with Crippen LogP contribution in [0, 0.1) is 24.0 Å². The molecule has 0 N–H and O–H groups in total. The number of furan rings is 1. The molecule has 0 atom stereocenters. The van der Waals surface area contributed by atoms with Crippen molar-refractivity contribution in [3.63, 3.8) is 0 Å². The highest BCUT2D eigenvalue weighted by molar-refractivity contribution is 6.33. The molecule has 0 aliphatic heterocycles. The lowest BCUT2D eigenvalue weighted by molar-refractivity contribution is -0.384. The first-order chi connectivity index (χ1) is 13.8. The zero-order valence-electron chi connectivity index (χ0n) is 15.8. The van der Waals surface area contributed by atoms with Gasteiger partial charge in [0.15, 0.2) is 6.61 Å². The van der Waals surface area contributed by atoms with Crippen molar-refractivity contribution in [2.45, 2.75) is 20.5 Å². The van der Waals surface area contributed by atoms with Gasteiger partial charge < -0.3 is 13.9 Å². The summed E-state index contributed by atoms with van der Waals surface area (Å²) in [5.41, 5.74) is 2.33. The predicted octanol–water partition coefficient (Wildman–Crippen LogP) is 5.25. The highest BCUT2D eigenvalue weighted by Crippen LogP contribution is 2.32. The molecule has 150 valence electrons. The first-order valence-corrected chi connectivity index (χ1v) is 9.10. The molecular formula is C21H18ClNO6. The van der Waals surface area contributed by atoms with Crippen molar-refractivity contribution in [1.82, 2.24) is 0 Å². The van der Waals surface area contributed by atoms with Gasteiger partial charge in [0.25, 0.3) is 5.69 Å². The van der Waals surface area contributed by atoms with E-state index in [-0.39, 0.29) is 18.9 Å². The van der Waals surface area contributed by atoms with Crippen LogP contribution in [0.2, 0.25) is 5.02 Å². The summed E-state index contributed by atoms with van der Waals surface area (Å²) >= 11 is 6.11. The second kappa shape index (κ2) is 8.79. The van der Waals surface area contributed by atoms with Crippen molar-refractivity contribution >= 4 is 23.3 Å². The summed E-state index contributed by atoms with van der Waals surface area (Å²) < 4.78 is 16.2. The number of benzene rings is 2. The van der Waals surface area contributed by atoms with Gasteiger partial charge in [-0.25, -0.2) is 4.79 Å². The van der Waals surface area contributed by atoms with Crippen LogP contribution >= 0.6 is 11.6 Å². The Balaban J connectivity index is 1.58. The lowest BCUT2D eigenvalue weighted by Crippen LogP contribution is -2.15. The number of hydrogen-bond donors (Lipinski definition) is 0. The predicted molar refractivity (Wildman–Crippen MR) is 107 cm³/mol. The van der Waals surface area contributed by atoms with Crippen LogP contribution in [-0.4, -0.2) is 17.5 Å². The van der Waals surface area contributed by atoms with Gasteiger partial charge in [-0.3, -0.25) is 10.1 Å². The van der Waals surface area contributed by atoms with E-state index in [0.29, 0.717) is 27.9 Å². The maximum Gasteiger partial charge on any atom is 0.344 e. The smallest absolute Gasteiger partial charge is 0.344 e. The van der Waals surface area contributed by atoms with Crippen molar-refractivity contribution in [3.05, 3.63) is 80.6 Å². The SMILES string of the molecule is Cc1ccc(OCC(=O)OCc2ccc(-c3cc([N+](=O)[O-])ccc3Cl)o2)c(C)c1. The largest absolute Gasteiger partial charge is 0.482 e. The van der Waals surface area contributed by atoms with Gasteiger partial charge in [-0.15, -0.1) is 0 Å². The molecule has 1 heterocycles. The Morgan fingerprint density at radius 1 is 1.14 bits per heavy atom. The highest BCUT2D eigenvalue weighted by atomic mass is 35.5. The lowest BCUT2D eigenvalue weighted by Gasteiger charge is -2.09. The number of esters is 1. The number of nitro benzene ring substituents is 1. The molecule has 0 bridgehead atoms. The van der Waals surface area contributed by atoms with Crippen LogP contribution in [0.5, 0.6) is 5.75 Å². The Hall–Kier alpha value is -3.32. The first-order valence-electron chi connectivity index (χ1n) is 8.72. The monoisotopic (exact) mass is 415 g/mol. The van der Waals surface area contributed by atoms with Crippen LogP contribution in [0.15, 0.2) is 52.9 Å². The number of carbonyl (C=O) groups is 1. The number of non-ortho nitro benzene ring substituents is 1. The summed E-state index contributed by atoms with van der Waals surface area (Å²) in [6.45, 7) is 3.55. The second-order valence-corrected chi connectivity index (χ2v) is 6.81. The third-order valence-electron chi connectivity index (χ3n) is 4.14. The molecule has 0 radical (unpaired) electrons. The van der Waals surface area contributed by atoms with Crippen LogP contribution in [0.4, 0.5) is 5.69 Å². The van der Waals surface area contributed by atoms with Crippen LogP contribution < -0.4 is 4.74 Å². The maximum absolute atomic E-state index is 11.9. The molecule has 0 spiro atoms. The number of aryl methyl sites for hydroxylation is 2. The Morgan fingerprint density at radius 2 is 1.93 bits per heavy atom. The molecule has 0 saturated carbocycles. The van der Waals surface area contributed by atoms with E-state index in [1.807, 2.05) is 26.0 Å². The van der Waals surface area contributed by atoms with E-state index in [0.717, 1.165) is 11.1 Å². The molecule has 0 fully saturated rings. The Labute approximate surface area is 172 Å². The molecule has 0 saturated heterocycles. The topological polar surface area (TPSA) is 91.8 Å². The molecule has 7 nitrogen and oxygen atoms in total. The molecule has 3 aromatic rings. The van der Waals surface area contributed by atoms with Crippen molar-refractivity contribution in [1.29, 1.82) is 0 Å². The zero-order valence-corrected chi connectivity index (χ0v) is 16.6. The number of halogens is 1. The van der Waals surface area contributed by atoms with Gasteiger partial charge in [0, 0.05) is 17.7 Å². The van der Waals surface area contributed by atoms with E-state index in [1.54, 1.807) is 18.2 Å². The normalized spacial score (nSPS) is 10.6. The fourth-order valence-electron chi connectivity index (χ4n) is 2.71. The fourth-order valence-corrected chi connectivity index (χ4v) is 2.92. The third kappa shape index (κ3) is 5.14. The molecule has 29 heavy (non-hydrogen) atoms. The van der Waals surface area contributed by atoms with Crippen LogP contribution in [0.1, 0.15) is 16.9 Å². The van der Waals surface area contributed by atoms with Crippen LogP contribution in [-0.2, 0) is 16.1 Å². The molecule has 0 aliphatic rings. The molecule has 0 unspecified atom stereocenters. The van der Waals surface area contributed by atoms with Gasteiger partial charge in [-0.05, 0) is 43.7 Å². The van der Waals surface area contributed by atoms with Crippen molar-refractivity contribution in [2.75, 3.05) is 6.61 Å². The van der Waals surface area contributed by atoms with Crippen molar-refractivity contribution in [3.8, 4) is 17.1 Å². The molecule has 2 aromatic carbocycles. The van der Waals surface area contributed by atoms with Crippen molar-refractivity contribution in [2.24, 2.45) is 0 Å². The van der Waals surface area contributed by atoms with Gasteiger partial charge in [0.1, 0.15) is 23.9 Å². The number of rotatable bonds is 7.